The van der Waals surface area contributed by atoms with Crippen LogP contribution >= 0.6 is 0 Å². The Bertz CT molecular complexity index is 1290. The van der Waals surface area contributed by atoms with E-state index in [1.54, 1.807) is 0 Å². The number of aromatic nitrogens is 5. The van der Waals surface area contributed by atoms with E-state index < -0.39 is 35.1 Å². The van der Waals surface area contributed by atoms with Gasteiger partial charge in [0, 0.05) is 23.8 Å². The fraction of sp³-hybridized carbons (Fsp3) is 0.105. The van der Waals surface area contributed by atoms with Crippen LogP contribution in [0.15, 0.2) is 48.8 Å². The van der Waals surface area contributed by atoms with Crippen LogP contribution in [0.25, 0.3) is 22.4 Å². The molecular formula is C19H10F6N6O. The molecule has 0 bridgehead atoms. The van der Waals surface area contributed by atoms with Gasteiger partial charge in [0.2, 0.25) is 5.88 Å². The molecule has 0 radical (unpaired) electrons. The van der Waals surface area contributed by atoms with Crippen molar-refractivity contribution >= 4 is 22.5 Å². The number of nitrogens with one attached hydrogen (secondary N) is 1. The van der Waals surface area contributed by atoms with E-state index in [1.165, 1.54) is 24.4 Å². The molecule has 0 amide bonds. The van der Waals surface area contributed by atoms with Crippen LogP contribution in [0.1, 0.15) is 11.1 Å². The Morgan fingerprint density at radius 1 is 0.844 bits per heavy atom. The van der Waals surface area contributed by atoms with Crippen LogP contribution in [0, 0.1) is 0 Å². The number of aromatic hydroxyl groups is 1. The smallest absolute Gasteiger partial charge is 0.418 e. The molecule has 4 heterocycles. The molecule has 0 aromatic carbocycles. The van der Waals surface area contributed by atoms with Gasteiger partial charge in [0.25, 0.3) is 0 Å². The molecule has 0 unspecified atom stereocenters. The maximum Gasteiger partial charge on any atom is 0.418 e. The van der Waals surface area contributed by atoms with Gasteiger partial charge in [-0.05, 0) is 30.3 Å². The molecular weight excluding hydrogens is 442 g/mol. The fourth-order valence-corrected chi connectivity index (χ4v) is 2.83. The quantitative estimate of drug-likeness (QED) is 0.424. The van der Waals surface area contributed by atoms with Crippen molar-refractivity contribution in [2.45, 2.75) is 12.4 Å². The van der Waals surface area contributed by atoms with E-state index in [2.05, 4.69) is 30.5 Å². The van der Waals surface area contributed by atoms with E-state index in [0.29, 0.717) is 23.3 Å². The highest BCUT2D eigenvalue weighted by atomic mass is 19.4. The molecule has 4 rings (SSSR count). The molecule has 4 aromatic rings. The highest BCUT2D eigenvalue weighted by Gasteiger charge is 2.36. The second-order valence-electron chi connectivity index (χ2n) is 6.44. The summed E-state index contributed by atoms with van der Waals surface area (Å²) in [4.78, 5) is 11.8. The van der Waals surface area contributed by atoms with Crippen molar-refractivity contribution in [2.24, 2.45) is 0 Å². The van der Waals surface area contributed by atoms with Crippen LogP contribution in [0.4, 0.5) is 37.8 Å². The minimum atomic E-state index is -4.82. The highest BCUT2D eigenvalue weighted by Crippen LogP contribution is 2.37. The summed E-state index contributed by atoms with van der Waals surface area (Å²) in [5, 5.41) is 19.1. The summed E-state index contributed by atoms with van der Waals surface area (Å²) in [6, 6.07) is 6.62. The first kappa shape index (κ1) is 21.2. The van der Waals surface area contributed by atoms with Crippen molar-refractivity contribution in [3.05, 3.63) is 59.9 Å². The van der Waals surface area contributed by atoms with Gasteiger partial charge in [-0.25, -0.2) is 15.0 Å². The van der Waals surface area contributed by atoms with E-state index in [-0.39, 0.29) is 17.2 Å². The molecule has 4 aromatic heterocycles. The topological polar surface area (TPSA) is 96.7 Å². The maximum absolute atomic E-state index is 13.3. The van der Waals surface area contributed by atoms with E-state index in [4.69, 9.17) is 0 Å². The normalized spacial score (nSPS) is 12.2. The first-order valence-electron chi connectivity index (χ1n) is 8.72. The van der Waals surface area contributed by atoms with E-state index in [9.17, 15) is 31.4 Å². The molecule has 164 valence electrons. The Morgan fingerprint density at radius 3 is 2.28 bits per heavy atom. The third-order valence-corrected chi connectivity index (χ3v) is 4.29. The summed E-state index contributed by atoms with van der Waals surface area (Å²) in [7, 11) is 0. The molecule has 7 nitrogen and oxygen atoms in total. The van der Waals surface area contributed by atoms with Crippen molar-refractivity contribution in [2.75, 3.05) is 5.32 Å². The Kier molecular flexibility index (Phi) is 5.03. The first-order valence-corrected chi connectivity index (χ1v) is 8.72. The fourth-order valence-electron chi connectivity index (χ4n) is 2.83. The van der Waals surface area contributed by atoms with Crippen LogP contribution in [-0.4, -0.2) is 30.3 Å². The number of nitrogens with zero attached hydrogens (tertiary/aromatic N) is 5. The maximum atomic E-state index is 13.3. The van der Waals surface area contributed by atoms with Gasteiger partial charge in [-0.2, -0.15) is 26.3 Å². The molecule has 0 fully saturated rings. The zero-order valence-electron chi connectivity index (χ0n) is 15.6. The molecule has 13 heteroatoms. The summed E-state index contributed by atoms with van der Waals surface area (Å²) in [6.07, 6.45) is -7.35. The van der Waals surface area contributed by atoms with Crippen LogP contribution in [-0.2, 0) is 12.4 Å². The predicted molar refractivity (Wildman–Crippen MR) is 99.8 cm³/mol. The van der Waals surface area contributed by atoms with Crippen molar-refractivity contribution in [1.82, 2.24) is 25.1 Å². The zero-order chi connectivity index (χ0) is 23.1. The average molecular weight is 452 g/mol. The van der Waals surface area contributed by atoms with Gasteiger partial charge in [0.05, 0.1) is 22.5 Å². The summed E-state index contributed by atoms with van der Waals surface area (Å²) in [6.45, 7) is 0. The number of hydrogen-bond acceptors (Lipinski definition) is 7. The molecule has 0 aliphatic carbocycles. The van der Waals surface area contributed by atoms with Crippen LogP contribution in [0.5, 0.6) is 5.88 Å². The lowest BCUT2D eigenvalue weighted by Crippen LogP contribution is -2.10. The van der Waals surface area contributed by atoms with Crippen molar-refractivity contribution < 1.29 is 31.4 Å². The Morgan fingerprint density at radius 2 is 1.62 bits per heavy atom. The van der Waals surface area contributed by atoms with E-state index in [1.807, 2.05) is 0 Å². The summed E-state index contributed by atoms with van der Waals surface area (Å²) in [5.74, 6) is -0.783. The van der Waals surface area contributed by atoms with Gasteiger partial charge in [-0.3, -0.25) is 0 Å². The minimum Gasteiger partial charge on any atom is -0.492 e. The molecule has 0 spiro atoms. The summed E-state index contributed by atoms with van der Waals surface area (Å²) >= 11 is 0. The third kappa shape index (κ3) is 4.22. The lowest BCUT2D eigenvalue weighted by Gasteiger charge is -2.12. The van der Waals surface area contributed by atoms with Gasteiger partial charge >= 0.3 is 12.4 Å². The second-order valence-corrected chi connectivity index (χ2v) is 6.44. The zero-order valence-corrected chi connectivity index (χ0v) is 15.6. The molecule has 2 N–H and O–H groups in total. The Labute approximate surface area is 174 Å². The van der Waals surface area contributed by atoms with Gasteiger partial charge in [-0.1, -0.05) is 0 Å². The molecule has 0 aliphatic heterocycles. The molecule has 0 saturated carbocycles. The Hall–Kier alpha value is -4.03. The third-order valence-electron chi connectivity index (χ3n) is 4.29. The number of alkyl halides is 6. The lowest BCUT2D eigenvalue weighted by atomic mass is 10.1. The standard InChI is InChI=1S/C19H10F6N6O/c20-18(21,22)9-1-4-14(27-8-9)28-12-5-6-26-17-10(12)2-3-13(29-17)16-11(19(23,24)25)7-15(32)30-31-16/h1-8H,(H,30,32)(H,26,27,28,29). The van der Waals surface area contributed by atoms with Crippen LogP contribution in [0.3, 0.4) is 0 Å². The molecule has 0 saturated heterocycles. The Balaban J connectivity index is 1.71. The van der Waals surface area contributed by atoms with Gasteiger partial charge in [-0.15, -0.1) is 10.2 Å². The van der Waals surface area contributed by atoms with E-state index >= 15 is 0 Å². The summed E-state index contributed by atoms with van der Waals surface area (Å²) < 4.78 is 78.0. The largest absolute Gasteiger partial charge is 0.492 e. The van der Waals surface area contributed by atoms with E-state index in [0.717, 1.165) is 12.1 Å². The molecule has 0 aliphatic rings. The van der Waals surface area contributed by atoms with Gasteiger partial charge in [0.15, 0.2) is 5.65 Å². The number of halogens is 6. The summed E-state index contributed by atoms with van der Waals surface area (Å²) in [5.41, 5.74) is -2.50. The number of rotatable bonds is 3. The number of pyridine rings is 3. The predicted octanol–water partition coefficient (Wildman–Crippen LogP) is 4.97. The highest BCUT2D eigenvalue weighted by molar-refractivity contribution is 5.91. The van der Waals surface area contributed by atoms with Crippen LogP contribution < -0.4 is 5.32 Å². The lowest BCUT2D eigenvalue weighted by molar-refractivity contribution is -0.138. The number of hydrogen-bond donors (Lipinski definition) is 2. The van der Waals surface area contributed by atoms with Crippen LogP contribution in [0.2, 0.25) is 0 Å². The second kappa shape index (κ2) is 7.59. The SMILES string of the molecule is Oc1cc(C(F)(F)F)c(-c2ccc3c(Nc4ccc(C(F)(F)F)cn4)ccnc3n2)nn1. The monoisotopic (exact) mass is 452 g/mol. The molecule has 32 heavy (non-hydrogen) atoms. The number of anilines is 2. The average Bonchev–Trinajstić information content (AvgIpc) is 2.73. The molecule has 0 atom stereocenters. The van der Waals surface area contributed by atoms with Gasteiger partial charge < -0.3 is 10.4 Å². The minimum absolute atomic E-state index is 0.0439. The first-order chi connectivity index (χ1) is 15.0. The van der Waals surface area contributed by atoms with Crippen molar-refractivity contribution in [3.63, 3.8) is 0 Å². The van der Waals surface area contributed by atoms with Gasteiger partial charge in [0.1, 0.15) is 11.5 Å². The van der Waals surface area contributed by atoms with Crippen molar-refractivity contribution in [3.8, 4) is 17.3 Å². The number of fused-ring (bicyclic) bond motifs is 1. The van der Waals surface area contributed by atoms with Crippen molar-refractivity contribution in [1.29, 1.82) is 0 Å².